The van der Waals surface area contributed by atoms with Crippen molar-refractivity contribution in [3.63, 3.8) is 0 Å². The Labute approximate surface area is 115 Å². The molecule has 0 amide bonds. The van der Waals surface area contributed by atoms with E-state index in [4.69, 9.17) is 10.5 Å². The summed E-state index contributed by atoms with van der Waals surface area (Å²) in [6.45, 7) is 2.54. The highest BCUT2D eigenvalue weighted by Gasteiger charge is 2.35. The third-order valence-corrected chi connectivity index (χ3v) is 3.75. The standard InChI is InChI=1S/C17H21NO/c1-17(13-18,19-2)16(14-9-5-3-6-10-14)15-11-7-4-8-12-15/h3-12,16H,13,18H2,1-2H3. The first-order chi connectivity index (χ1) is 9.21. The fourth-order valence-electron chi connectivity index (χ4n) is 2.51. The highest BCUT2D eigenvalue weighted by atomic mass is 16.5. The van der Waals surface area contributed by atoms with Crippen LogP contribution in [0.1, 0.15) is 24.0 Å². The molecule has 0 spiro atoms. The number of hydrogen-bond donors (Lipinski definition) is 1. The van der Waals surface area contributed by atoms with E-state index in [0.29, 0.717) is 6.54 Å². The molecule has 1 unspecified atom stereocenters. The van der Waals surface area contributed by atoms with Crippen molar-refractivity contribution in [2.45, 2.75) is 18.4 Å². The van der Waals surface area contributed by atoms with Crippen molar-refractivity contribution in [1.29, 1.82) is 0 Å². The zero-order valence-corrected chi connectivity index (χ0v) is 11.5. The van der Waals surface area contributed by atoms with Gasteiger partial charge in [0.05, 0.1) is 5.60 Å². The molecule has 2 aromatic rings. The van der Waals surface area contributed by atoms with Crippen molar-refractivity contribution in [3.8, 4) is 0 Å². The monoisotopic (exact) mass is 255 g/mol. The van der Waals surface area contributed by atoms with Crippen LogP contribution < -0.4 is 5.73 Å². The van der Waals surface area contributed by atoms with E-state index in [2.05, 4.69) is 55.5 Å². The second-order valence-corrected chi connectivity index (χ2v) is 4.98. The maximum Gasteiger partial charge on any atom is 0.0880 e. The largest absolute Gasteiger partial charge is 0.376 e. The van der Waals surface area contributed by atoms with Crippen LogP contribution in [0, 0.1) is 0 Å². The van der Waals surface area contributed by atoms with Gasteiger partial charge in [0.15, 0.2) is 0 Å². The highest BCUT2D eigenvalue weighted by Crippen LogP contribution is 2.36. The topological polar surface area (TPSA) is 35.2 Å². The molecule has 19 heavy (non-hydrogen) atoms. The van der Waals surface area contributed by atoms with Crippen LogP contribution in [0.3, 0.4) is 0 Å². The minimum Gasteiger partial charge on any atom is -0.376 e. The number of methoxy groups -OCH3 is 1. The first-order valence-electron chi connectivity index (χ1n) is 6.56. The average molecular weight is 255 g/mol. The molecule has 2 nitrogen and oxygen atoms in total. The summed E-state index contributed by atoms with van der Waals surface area (Å²) < 4.78 is 5.73. The van der Waals surface area contributed by atoms with Crippen LogP contribution in [-0.4, -0.2) is 19.3 Å². The van der Waals surface area contributed by atoms with Gasteiger partial charge in [0.2, 0.25) is 0 Å². The number of rotatable bonds is 5. The molecule has 0 bridgehead atoms. The molecule has 0 aliphatic rings. The molecule has 2 rings (SSSR count). The van der Waals surface area contributed by atoms with Gasteiger partial charge in [-0.2, -0.15) is 0 Å². The fraction of sp³-hybridized carbons (Fsp3) is 0.294. The number of nitrogens with two attached hydrogens (primary N) is 1. The van der Waals surface area contributed by atoms with Crippen molar-refractivity contribution >= 4 is 0 Å². The van der Waals surface area contributed by atoms with E-state index < -0.39 is 5.60 Å². The molecule has 0 heterocycles. The summed E-state index contributed by atoms with van der Waals surface area (Å²) in [5.41, 5.74) is 8.01. The van der Waals surface area contributed by atoms with E-state index in [1.165, 1.54) is 11.1 Å². The molecule has 2 aromatic carbocycles. The molecule has 0 saturated heterocycles. The molecule has 2 N–H and O–H groups in total. The minimum atomic E-state index is -0.414. The Bertz CT molecular complexity index is 452. The summed E-state index contributed by atoms with van der Waals surface area (Å²) in [5.74, 6) is 0.130. The Morgan fingerprint density at radius 2 is 1.37 bits per heavy atom. The summed E-state index contributed by atoms with van der Waals surface area (Å²) in [7, 11) is 1.73. The van der Waals surface area contributed by atoms with Gasteiger partial charge in [-0.3, -0.25) is 0 Å². The van der Waals surface area contributed by atoms with E-state index >= 15 is 0 Å². The van der Waals surface area contributed by atoms with Gasteiger partial charge in [-0.25, -0.2) is 0 Å². The van der Waals surface area contributed by atoms with Gasteiger partial charge in [0, 0.05) is 19.6 Å². The molecule has 0 saturated carbocycles. The smallest absolute Gasteiger partial charge is 0.0880 e. The van der Waals surface area contributed by atoms with E-state index in [0.717, 1.165) is 0 Å². The zero-order valence-electron chi connectivity index (χ0n) is 11.5. The normalized spacial score (nSPS) is 14.3. The van der Waals surface area contributed by atoms with E-state index in [-0.39, 0.29) is 5.92 Å². The quantitative estimate of drug-likeness (QED) is 0.890. The van der Waals surface area contributed by atoms with Crippen molar-refractivity contribution in [2.75, 3.05) is 13.7 Å². The maximum atomic E-state index is 5.97. The molecular weight excluding hydrogens is 234 g/mol. The first-order valence-corrected chi connectivity index (χ1v) is 6.56. The molecule has 1 atom stereocenters. The lowest BCUT2D eigenvalue weighted by atomic mass is 9.78. The number of hydrogen-bond acceptors (Lipinski definition) is 2. The van der Waals surface area contributed by atoms with Gasteiger partial charge >= 0.3 is 0 Å². The van der Waals surface area contributed by atoms with Gasteiger partial charge < -0.3 is 10.5 Å². The molecular formula is C17H21NO. The van der Waals surface area contributed by atoms with Gasteiger partial charge in [-0.05, 0) is 18.1 Å². The van der Waals surface area contributed by atoms with Gasteiger partial charge in [-0.15, -0.1) is 0 Å². The van der Waals surface area contributed by atoms with E-state index in [1.54, 1.807) is 7.11 Å². The fourth-order valence-corrected chi connectivity index (χ4v) is 2.51. The third-order valence-electron chi connectivity index (χ3n) is 3.75. The van der Waals surface area contributed by atoms with Gasteiger partial charge in [-0.1, -0.05) is 60.7 Å². The lowest BCUT2D eigenvalue weighted by Crippen LogP contribution is -2.43. The molecule has 100 valence electrons. The minimum absolute atomic E-state index is 0.130. The summed E-state index contributed by atoms with van der Waals surface area (Å²) in [6.07, 6.45) is 0. The predicted molar refractivity (Wildman–Crippen MR) is 79.2 cm³/mol. The van der Waals surface area contributed by atoms with Crippen molar-refractivity contribution in [3.05, 3.63) is 71.8 Å². The van der Waals surface area contributed by atoms with Crippen molar-refractivity contribution in [2.24, 2.45) is 5.73 Å². The summed E-state index contributed by atoms with van der Waals surface area (Å²) in [5, 5.41) is 0. The lowest BCUT2D eigenvalue weighted by molar-refractivity contribution is 0.0000532. The van der Waals surface area contributed by atoms with Crippen LogP contribution in [0.25, 0.3) is 0 Å². The van der Waals surface area contributed by atoms with Gasteiger partial charge in [0.1, 0.15) is 0 Å². The van der Waals surface area contributed by atoms with Crippen LogP contribution in [0.5, 0.6) is 0 Å². The van der Waals surface area contributed by atoms with Crippen LogP contribution in [-0.2, 0) is 4.74 Å². The number of ether oxygens (including phenoxy) is 1. The Balaban J connectivity index is 2.52. The highest BCUT2D eigenvalue weighted by molar-refractivity contribution is 5.36. The van der Waals surface area contributed by atoms with Crippen LogP contribution in [0.15, 0.2) is 60.7 Å². The van der Waals surface area contributed by atoms with Gasteiger partial charge in [0.25, 0.3) is 0 Å². The summed E-state index contributed by atoms with van der Waals surface area (Å²) >= 11 is 0. The predicted octanol–water partition coefficient (Wildman–Crippen LogP) is 3.18. The summed E-state index contributed by atoms with van der Waals surface area (Å²) in [6, 6.07) is 20.8. The second kappa shape index (κ2) is 6.00. The Morgan fingerprint density at radius 1 is 0.947 bits per heavy atom. The molecule has 0 aliphatic heterocycles. The van der Waals surface area contributed by atoms with E-state index in [9.17, 15) is 0 Å². The summed E-state index contributed by atoms with van der Waals surface area (Å²) in [4.78, 5) is 0. The molecule has 0 aliphatic carbocycles. The lowest BCUT2D eigenvalue weighted by Gasteiger charge is -2.36. The Kier molecular flexibility index (Phi) is 4.35. The molecule has 2 heteroatoms. The third kappa shape index (κ3) is 2.86. The number of benzene rings is 2. The average Bonchev–Trinajstić information content (AvgIpc) is 2.49. The molecule has 0 fully saturated rings. The van der Waals surface area contributed by atoms with Crippen LogP contribution in [0.4, 0.5) is 0 Å². The Morgan fingerprint density at radius 3 is 1.68 bits per heavy atom. The van der Waals surface area contributed by atoms with Crippen molar-refractivity contribution in [1.82, 2.24) is 0 Å². The second-order valence-electron chi connectivity index (χ2n) is 4.98. The van der Waals surface area contributed by atoms with E-state index in [1.807, 2.05) is 12.1 Å². The van der Waals surface area contributed by atoms with Crippen molar-refractivity contribution < 1.29 is 4.74 Å². The first kappa shape index (κ1) is 13.8. The zero-order chi connectivity index (χ0) is 13.7. The van der Waals surface area contributed by atoms with Crippen LogP contribution in [0.2, 0.25) is 0 Å². The SMILES string of the molecule is COC(C)(CN)C(c1ccccc1)c1ccccc1. The Hall–Kier alpha value is -1.64. The van der Waals surface area contributed by atoms with Crippen LogP contribution >= 0.6 is 0 Å². The molecule has 0 aromatic heterocycles. The molecule has 0 radical (unpaired) electrons. The maximum absolute atomic E-state index is 5.97.